The molecule has 2 aromatic rings. The van der Waals surface area contributed by atoms with Gasteiger partial charge in [0, 0.05) is 22.3 Å². The number of ketones is 2. The second-order valence-electron chi connectivity index (χ2n) is 10.3. The Kier molecular flexibility index (Phi) is 4.97. The van der Waals surface area contributed by atoms with E-state index in [-0.39, 0.29) is 22.6 Å². The van der Waals surface area contributed by atoms with Crippen LogP contribution in [0.5, 0.6) is 5.75 Å². The van der Waals surface area contributed by atoms with Gasteiger partial charge in [0.25, 0.3) is 0 Å². The van der Waals surface area contributed by atoms with Crippen molar-refractivity contribution in [1.82, 2.24) is 0 Å². The smallest absolute Gasteiger partial charge is 0.237 e. The van der Waals surface area contributed by atoms with Crippen molar-refractivity contribution in [3.05, 3.63) is 63.2 Å². The number of rotatable bonds is 1. The van der Waals surface area contributed by atoms with Crippen molar-refractivity contribution in [3.63, 3.8) is 0 Å². The largest absolute Gasteiger partial charge is 0.507 e. The van der Waals surface area contributed by atoms with Gasteiger partial charge in [0.05, 0.1) is 5.57 Å². The van der Waals surface area contributed by atoms with Gasteiger partial charge in [0.2, 0.25) is 11.6 Å². The average molecular weight is 407 g/mol. The van der Waals surface area contributed by atoms with Crippen LogP contribution in [0.1, 0.15) is 85.3 Å². The number of aromatic hydroxyl groups is 1. The number of hydrogen-bond donors (Lipinski definition) is 2. The van der Waals surface area contributed by atoms with Crippen LogP contribution in [0.4, 0.5) is 0 Å². The Balaban J connectivity index is 2.44. The topological polar surface area (TPSA) is 74.6 Å². The van der Waals surface area contributed by atoms with Gasteiger partial charge in [-0.1, -0.05) is 53.7 Å². The van der Waals surface area contributed by atoms with Gasteiger partial charge in [-0.25, -0.2) is 0 Å². The molecule has 3 rings (SSSR count). The standard InChI is InChI=1S/C26H30O4/c1-13-9-10-14(2)19-18(13)22(28)20(24(30)23(19)29)15-11-16(25(3,4)5)21(27)17(12-15)26(6,7)8/h9-12,27-28H,1-8H3. The van der Waals surface area contributed by atoms with Gasteiger partial charge >= 0.3 is 0 Å². The second-order valence-corrected chi connectivity index (χ2v) is 10.3. The highest BCUT2D eigenvalue weighted by Crippen LogP contribution is 2.43. The molecule has 0 amide bonds. The minimum atomic E-state index is -0.723. The van der Waals surface area contributed by atoms with Crippen LogP contribution < -0.4 is 0 Å². The molecule has 1 aliphatic carbocycles. The highest BCUT2D eigenvalue weighted by atomic mass is 16.3. The summed E-state index contributed by atoms with van der Waals surface area (Å²) in [5.41, 5.74) is 3.06. The van der Waals surface area contributed by atoms with E-state index in [1.807, 2.05) is 54.5 Å². The Bertz CT molecular complexity index is 1080. The summed E-state index contributed by atoms with van der Waals surface area (Å²) in [6, 6.07) is 7.06. The molecule has 2 N–H and O–H groups in total. The van der Waals surface area contributed by atoms with Crippen molar-refractivity contribution < 1.29 is 19.8 Å². The zero-order valence-electron chi connectivity index (χ0n) is 19.0. The summed E-state index contributed by atoms with van der Waals surface area (Å²) in [7, 11) is 0. The van der Waals surface area contributed by atoms with Gasteiger partial charge in [-0.3, -0.25) is 9.59 Å². The zero-order chi connectivity index (χ0) is 22.8. The van der Waals surface area contributed by atoms with Gasteiger partial charge in [-0.2, -0.15) is 0 Å². The van der Waals surface area contributed by atoms with E-state index in [0.717, 1.165) is 5.56 Å². The summed E-state index contributed by atoms with van der Waals surface area (Å²) in [5.74, 6) is -1.33. The van der Waals surface area contributed by atoms with E-state index in [1.165, 1.54) is 0 Å². The quantitative estimate of drug-likeness (QED) is 0.587. The number of Topliss-reactive ketones (excluding diaryl/α,β-unsaturated/α-hetero) is 2. The number of phenolic OH excluding ortho intramolecular Hbond substituents is 1. The lowest BCUT2D eigenvalue weighted by Gasteiger charge is -2.29. The Morgan fingerprint density at radius 2 is 1.13 bits per heavy atom. The lowest BCUT2D eigenvalue weighted by Crippen LogP contribution is -2.26. The highest BCUT2D eigenvalue weighted by Gasteiger charge is 2.37. The number of aliphatic hydroxyl groups is 1. The maximum absolute atomic E-state index is 13.1. The van der Waals surface area contributed by atoms with E-state index in [9.17, 15) is 19.8 Å². The molecule has 4 heteroatoms. The third-order valence-electron chi connectivity index (χ3n) is 5.77. The number of fused-ring (bicyclic) bond motifs is 1. The predicted molar refractivity (Wildman–Crippen MR) is 120 cm³/mol. The number of phenols is 1. The monoisotopic (exact) mass is 406 g/mol. The fourth-order valence-electron chi connectivity index (χ4n) is 4.06. The predicted octanol–water partition coefficient (Wildman–Crippen LogP) is 5.80. The fourth-order valence-corrected chi connectivity index (χ4v) is 4.06. The molecule has 0 aromatic heterocycles. The first-order valence-corrected chi connectivity index (χ1v) is 10.2. The highest BCUT2D eigenvalue weighted by molar-refractivity contribution is 6.62. The first kappa shape index (κ1) is 21.8. The van der Waals surface area contributed by atoms with Crippen molar-refractivity contribution in [2.45, 2.75) is 66.2 Å². The van der Waals surface area contributed by atoms with Crippen LogP contribution in [0.2, 0.25) is 0 Å². The van der Waals surface area contributed by atoms with Crippen molar-refractivity contribution in [2.24, 2.45) is 0 Å². The zero-order valence-corrected chi connectivity index (χ0v) is 19.0. The molecule has 1 aliphatic rings. The molecule has 0 radical (unpaired) electrons. The van der Waals surface area contributed by atoms with E-state index < -0.39 is 22.4 Å². The Labute approximate surface area is 178 Å². The van der Waals surface area contributed by atoms with Crippen LogP contribution >= 0.6 is 0 Å². The van der Waals surface area contributed by atoms with Crippen molar-refractivity contribution in [3.8, 4) is 5.75 Å². The summed E-state index contributed by atoms with van der Waals surface area (Å²) in [6.45, 7) is 15.4. The second kappa shape index (κ2) is 6.83. The average Bonchev–Trinajstić information content (AvgIpc) is 2.60. The minimum absolute atomic E-state index is 0.00259. The molecule has 0 saturated heterocycles. The van der Waals surface area contributed by atoms with Crippen molar-refractivity contribution >= 4 is 22.9 Å². The molecule has 2 aromatic carbocycles. The molecule has 0 aliphatic heterocycles. The van der Waals surface area contributed by atoms with E-state index in [2.05, 4.69) is 0 Å². The number of hydrogen-bond acceptors (Lipinski definition) is 4. The van der Waals surface area contributed by atoms with Gasteiger partial charge in [-0.15, -0.1) is 0 Å². The van der Waals surface area contributed by atoms with E-state index in [1.54, 1.807) is 25.1 Å². The molecule has 0 spiro atoms. The third-order valence-corrected chi connectivity index (χ3v) is 5.77. The summed E-state index contributed by atoms with van der Waals surface area (Å²) in [5, 5.41) is 22.1. The number of aryl methyl sites for hydroxylation is 2. The molecule has 0 heterocycles. The molecule has 158 valence electrons. The molecule has 4 nitrogen and oxygen atoms in total. The molecule has 0 bridgehead atoms. The van der Waals surface area contributed by atoms with Crippen LogP contribution in [0.25, 0.3) is 11.3 Å². The molecular weight excluding hydrogens is 376 g/mol. The summed E-state index contributed by atoms with van der Waals surface area (Å²) in [6.07, 6.45) is 0. The van der Waals surface area contributed by atoms with Crippen LogP contribution in [-0.4, -0.2) is 21.8 Å². The Morgan fingerprint density at radius 1 is 0.700 bits per heavy atom. The van der Waals surface area contributed by atoms with Gasteiger partial charge < -0.3 is 10.2 Å². The van der Waals surface area contributed by atoms with Gasteiger partial charge in [0.1, 0.15) is 11.5 Å². The maximum Gasteiger partial charge on any atom is 0.237 e. The molecule has 0 saturated carbocycles. The van der Waals surface area contributed by atoms with Crippen LogP contribution in [0.15, 0.2) is 24.3 Å². The Morgan fingerprint density at radius 3 is 1.57 bits per heavy atom. The molecule has 0 fully saturated rings. The summed E-state index contributed by atoms with van der Waals surface area (Å²) >= 11 is 0. The molecular formula is C26H30O4. The molecule has 0 unspecified atom stereocenters. The Hall–Kier alpha value is -2.88. The number of carbonyl (C=O) groups is 2. The molecule has 30 heavy (non-hydrogen) atoms. The van der Waals surface area contributed by atoms with E-state index in [4.69, 9.17) is 0 Å². The number of benzene rings is 2. The van der Waals surface area contributed by atoms with Crippen LogP contribution in [0.3, 0.4) is 0 Å². The van der Waals surface area contributed by atoms with Crippen LogP contribution in [-0.2, 0) is 15.6 Å². The normalized spacial score (nSPS) is 14.9. The number of allylic oxidation sites excluding steroid dienone is 1. The lowest BCUT2D eigenvalue weighted by molar-refractivity contribution is -0.110. The summed E-state index contributed by atoms with van der Waals surface area (Å²) in [4.78, 5) is 26.1. The lowest BCUT2D eigenvalue weighted by atomic mass is 9.75. The number of carbonyl (C=O) groups excluding carboxylic acids is 2. The van der Waals surface area contributed by atoms with Crippen molar-refractivity contribution in [2.75, 3.05) is 0 Å². The first-order valence-electron chi connectivity index (χ1n) is 10.2. The first-order chi connectivity index (χ1) is 13.7. The SMILES string of the molecule is Cc1ccc(C)c2c1C(=O)C(=O)C(c1cc(C(C)(C)C)c(O)c(C(C)(C)C)c1)=C2O. The third kappa shape index (κ3) is 3.34. The van der Waals surface area contributed by atoms with E-state index in [0.29, 0.717) is 27.8 Å². The molecule has 0 atom stereocenters. The number of aliphatic hydroxyl groups excluding tert-OH is 1. The maximum atomic E-state index is 13.1. The van der Waals surface area contributed by atoms with Gasteiger partial charge in [0.15, 0.2) is 0 Å². The van der Waals surface area contributed by atoms with Gasteiger partial charge in [-0.05, 0) is 53.5 Å². The fraction of sp³-hybridized carbons (Fsp3) is 0.385. The minimum Gasteiger partial charge on any atom is -0.507 e. The van der Waals surface area contributed by atoms with Crippen LogP contribution in [0, 0.1) is 13.8 Å². The van der Waals surface area contributed by atoms with Crippen molar-refractivity contribution in [1.29, 1.82) is 0 Å². The summed E-state index contributed by atoms with van der Waals surface area (Å²) < 4.78 is 0. The van der Waals surface area contributed by atoms with E-state index >= 15 is 0 Å².